The van der Waals surface area contributed by atoms with E-state index >= 15 is 0 Å². The number of carbonyl (C=O) groups excluding carboxylic acids is 2. The van der Waals surface area contributed by atoms with Gasteiger partial charge in [0, 0.05) is 35.4 Å². The Balaban J connectivity index is 1.53. The maximum atomic E-state index is 13.1. The molecule has 0 radical (unpaired) electrons. The summed E-state index contributed by atoms with van der Waals surface area (Å²) in [6, 6.07) is 19.7. The van der Waals surface area contributed by atoms with E-state index in [0.717, 1.165) is 16.9 Å². The summed E-state index contributed by atoms with van der Waals surface area (Å²) < 4.78 is 81.4. The van der Waals surface area contributed by atoms with Crippen molar-refractivity contribution in [2.75, 3.05) is 41.3 Å². The molecule has 58 heavy (non-hydrogen) atoms. The van der Waals surface area contributed by atoms with Crippen LogP contribution in [0.4, 0.5) is 0 Å². The molecule has 16 heteroatoms. The molecular formula is C42H60O15S. The van der Waals surface area contributed by atoms with Crippen LogP contribution in [0.5, 0.6) is 0 Å². The van der Waals surface area contributed by atoms with Crippen LogP contribution in [0.15, 0.2) is 60.7 Å². The van der Waals surface area contributed by atoms with Gasteiger partial charge in [-0.05, 0) is 37.7 Å². The first-order valence-electron chi connectivity index (χ1n) is 19.5. The van der Waals surface area contributed by atoms with Crippen molar-refractivity contribution in [3.05, 3.63) is 71.8 Å². The number of ether oxygens (including phenoxy) is 13. The molecule has 0 aromatic heterocycles. The lowest BCUT2D eigenvalue weighted by molar-refractivity contribution is -0.398. The molecule has 0 saturated carbocycles. The van der Waals surface area contributed by atoms with Gasteiger partial charge in [0.15, 0.2) is 24.8 Å². The average molecular weight is 837 g/mol. The third kappa shape index (κ3) is 10.6. The predicted molar refractivity (Wildman–Crippen MR) is 211 cm³/mol. The van der Waals surface area contributed by atoms with Gasteiger partial charge in [0.05, 0.1) is 32.5 Å². The van der Waals surface area contributed by atoms with E-state index in [1.165, 1.54) is 42.5 Å². The minimum atomic E-state index is -1.46. The Morgan fingerprint density at radius 2 is 1.26 bits per heavy atom. The molecule has 0 bridgehead atoms. The highest BCUT2D eigenvalue weighted by atomic mass is 32.2. The minimum absolute atomic E-state index is 0.290. The van der Waals surface area contributed by atoms with E-state index in [9.17, 15) is 9.59 Å². The van der Waals surface area contributed by atoms with Crippen LogP contribution in [-0.2, 0) is 84.4 Å². The van der Waals surface area contributed by atoms with Gasteiger partial charge in [-0.25, -0.2) is 4.79 Å². The zero-order valence-corrected chi connectivity index (χ0v) is 35.8. The summed E-state index contributed by atoms with van der Waals surface area (Å²) in [5, 5.41) is 0. The standard InChI is InChI=1S/C42H60O15S/c1-11-58-41-35(51-23-28-20-16-13-17-21-28)32(29(24(2)53-41)50-22-27-18-14-12-15-19-27)55-40-37(48-9)42(5,36(47-8)25(3)52-40)57-39-34(54-26(4)43)31(46-7)30(45-6)33(56-39)38(44)49-10/h12-21,24-25,29-37,39-41H,11,22-23H2,1-10H3/t24-,25-,29-,30-,31-,32+,33-,34+,35+,36-,37-,39-,40-,41-,42+/m0/s1. The summed E-state index contributed by atoms with van der Waals surface area (Å²) >= 11 is 1.61. The fourth-order valence-corrected chi connectivity index (χ4v) is 9.09. The fraction of sp³-hybridized carbons (Fsp3) is 0.667. The van der Waals surface area contributed by atoms with Gasteiger partial charge in [0.2, 0.25) is 0 Å². The molecule has 324 valence electrons. The highest BCUT2D eigenvalue weighted by Gasteiger charge is 2.61. The van der Waals surface area contributed by atoms with E-state index in [4.69, 9.17) is 61.6 Å². The predicted octanol–water partition coefficient (Wildman–Crippen LogP) is 4.45. The molecular weight excluding hydrogens is 777 g/mol. The van der Waals surface area contributed by atoms with Crippen molar-refractivity contribution >= 4 is 23.7 Å². The number of methoxy groups -OCH3 is 5. The molecule has 3 fully saturated rings. The number of benzene rings is 2. The van der Waals surface area contributed by atoms with Crippen molar-refractivity contribution < 1.29 is 71.2 Å². The Kier molecular flexibility index (Phi) is 17.3. The SMILES string of the molecule is CCS[C@@H]1O[C@@H](C)[C@H](OCc2ccccc2)[C@@H](O[C@@H]2O[C@@H](C)[C@H](OC)[C@@](C)(O[C@@H]3O[C@H](C(=O)OC)[C@@H](OC)[C@H](OC)[C@H]3OC(C)=O)[C@H]2OC)[C@H]1OCc1ccccc1. The summed E-state index contributed by atoms with van der Waals surface area (Å²) in [4.78, 5) is 25.6. The number of hydrogen-bond donors (Lipinski definition) is 0. The quantitative estimate of drug-likeness (QED) is 0.194. The van der Waals surface area contributed by atoms with Gasteiger partial charge in [-0.3, -0.25) is 4.79 Å². The molecule has 15 nitrogen and oxygen atoms in total. The molecule has 3 heterocycles. The van der Waals surface area contributed by atoms with Gasteiger partial charge in [-0.1, -0.05) is 67.6 Å². The average Bonchev–Trinajstić information content (AvgIpc) is 3.21. The summed E-state index contributed by atoms with van der Waals surface area (Å²) in [6.45, 7) is 9.45. The highest BCUT2D eigenvalue weighted by Crippen LogP contribution is 2.43. The molecule has 0 amide bonds. The smallest absolute Gasteiger partial charge is 0.337 e. The van der Waals surface area contributed by atoms with Crippen LogP contribution in [-0.4, -0.2) is 144 Å². The summed E-state index contributed by atoms with van der Waals surface area (Å²) in [7, 11) is 7.06. The normalized spacial score (nSPS) is 36.6. The molecule has 2 aromatic carbocycles. The third-order valence-corrected chi connectivity index (χ3v) is 11.8. The summed E-state index contributed by atoms with van der Waals surface area (Å²) in [5.41, 5.74) is 0.0831. The molecule has 0 unspecified atom stereocenters. The molecule has 3 aliphatic heterocycles. The summed E-state index contributed by atoms with van der Waals surface area (Å²) in [6.07, 6.45) is -11.9. The van der Waals surface area contributed by atoms with E-state index in [1.807, 2.05) is 74.5 Å². The van der Waals surface area contributed by atoms with Gasteiger partial charge in [0.1, 0.15) is 53.8 Å². The molecule has 0 aliphatic carbocycles. The van der Waals surface area contributed by atoms with Crippen LogP contribution in [0.2, 0.25) is 0 Å². The maximum absolute atomic E-state index is 13.1. The fourth-order valence-electron chi connectivity index (χ4n) is 8.09. The highest BCUT2D eigenvalue weighted by molar-refractivity contribution is 7.99. The number of hydrogen-bond acceptors (Lipinski definition) is 16. The minimum Gasteiger partial charge on any atom is -0.467 e. The Labute approximate surface area is 345 Å². The van der Waals surface area contributed by atoms with Crippen LogP contribution >= 0.6 is 11.8 Å². The van der Waals surface area contributed by atoms with E-state index in [2.05, 4.69) is 6.92 Å². The molecule has 5 rings (SSSR count). The van der Waals surface area contributed by atoms with Crippen LogP contribution in [0.3, 0.4) is 0 Å². The van der Waals surface area contributed by atoms with Crippen molar-refractivity contribution in [1.82, 2.24) is 0 Å². The van der Waals surface area contributed by atoms with Crippen molar-refractivity contribution in [3.63, 3.8) is 0 Å². The van der Waals surface area contributed by atoms with Crippen molar-refractivity contribution in [1.29, 1.82) is 0 Å². The number of thioether (sulfide) groups is 1. The Morgan fingerprint density at radius 1 is 0.672 bits per heavy atom. The molecule has 0 N–H and O–H groups in total. The van der Waals surface area contributed by atoms with E-state index in [1.54, 1.807) is 18.7 Å². The van der Waals surface area contributed by atoms with E-state index in [-0.39, 0.29) is 0 Å². The van der Waals surface area contributed by atoms with Gasteiger partial charge in [0.25, 0.3) is 0 Å². The van der Waals surface area contributed by atoms with Crippen LogP contribution in [0.25, 0.3) is 0 Å². The first-order chi connectivity index (χ1) is 27.9. The first-order valence-corrected chi connectivity index (χ1v) is 20.6. The van der Waals surface area contributed by atoms with Crippen LogP contribution in [0.1, 0.15) is 45.7 Å². The number of carbonyl (C=O) groups is 2. The Hall–Kier alpha value is -2.71. The molecule has 15 atom stereocenters. The number of rotatable bonds is 18. The van der Waals surface area contributed by atoms with Crippen LogP contribution in [0, 0.1) is 0 Å². The Morgan fingerprint density at radius 3 is 1.78 bits per heavy atom. The monoisotopic (exact) mass is 836 g/mol. The zero-order valence-electron chi connectivity index (χ0n) is 35.0. The second kappa shape index (κ2) is 21.7. The lowest BCUT2D eigenvalue weighted by Crippen LogP contribution is -2.71. The molecule has 3 saturated heterocycles. The molecule has 0 spiro atoms. The molecule has 2 aromatic rings. The zero-order chi connectivity index (χ0) is 42.0. The summed E-state index contributed by atoms with van der Waals surface area (Å²) in [5.74, 6) is -0.614. The van der Waals surface area contributed by atoms with E-state index in [0.29, 0.717) is 13.2 Å². The second-order valence-electron chi connectivity index (χ2n) is 14.5. The Bertz CT molecular complexity index is 1560. The lowest BCUT2D eigenvalue weighted by Gasteiger charge is -2.54. The van der Waals surface area contributed by atoms with Crippen LogP contribution < -0.4 is 0 Å². The third-order valence-electron chi connectivity index (χ3n) is 10.7. The van der Waals surface area contributed by atoms with Crippen molar-refractivity contribution in [2.24, 2.45) is 0 Å². The van der Waals surface area contributed by atoms with Crippen molar-refractivity contribution in [3.8, 4) is 0 Å². The van der Waals surface area contributed by atoms with Gasteiger partial charge in [-0.2, -0.15) is 0 Å². The first kappa shape index (κ1) is 46.4. The maximum Gasteiger partial charge on any atom is 0.337 e. The topological polar surface area (TPSA) is 154 Å². The lowest BCUT2D eigenvalue weighted by atomic mass is 9.84. The second-order valence-corrected chi connectivity index (χ2v) is 15.9. The van der Waals surface area contributed by atoms with Crippen molar-refractivity contribution in [2.45, 2.75) is 139 Å². The molecule has 3 aliphatic rings. The number of esters is 2. The van der Waals surface area contributed by atoms with Gasteiger partial charge < -0.3 is 61.6 Å². The van der Waals surface area contributed by atoms with E-state index < -0.39 is 103 Å². The largest absolute Gasteiger partial charge is 0.467 e. The van der Waals surface area contributed by atoms with Gasteiger partial charge >= 0.3 is 11.9 Å². The van der Waals surface area contributed by atoms with Gasteiger partial charge in [-0.15, -0.1) is 11.8 Å².